The van der Waals surface area contributed by atoms with Crippen LogP contribution < -0.4 is 26.2 Å². The van der Waals surface area contributed by atoms with E-state index in [4.69, 9.17) is 0 Å². The number of thiophene rings is 1. The van der Waals surface area contributed by atoms with Crippen LogP contribution in [-0.4, -0.2) is 11.3 Å². The van der Waals surface area contributed by atoms with E-state index >= 15 is 0 Å². The second-order valence-electron chi connectivity index (χ2n) is 28.2. The Morgan fingerprint density at radius 3 is 1.46 bits per heavy atom. The standard InChI is InChI=1S/C76H78BN3S/c1-43-23-21-24-44(2)69(43)78-61-32-30-50(73(7,8)9)37-57(61)58-41-60-64(42-62(58)78)80(71-47(5)35-52(36-48(71)6)75(13,14)15)66-40-53(76(16,17)18)39-65-68(66)77(60)59-31-29-51(74(10,11)12)38-63(59)79(65)70-45(3)33-49(34-46(70)4)54-26-22-27-56-55-25-19-20-28-67(55)81-72(54)56/h19-42H,1-18H3. The number of anilines is 6. The smallest absolute Gasteiger partial charge is 0.252 e. The average Bonchev–Trinajstić information content (AvgIpc) is 2.04. The Kier molecular flexibility index (Phi) is 11.8. The molecule has 5 heteroatoms. The summed E-state index contributed by atoms with van der Waals surface area (Å²) in [6.45, 7) is 42.3. The van der Waals surface area contributed by atoms with E-state index in [9.17, 15) is 0 Å². The van der Waals surface area contributed by atoms with Crippen LogP contribution in [0.2, 0.25) is 0 Å². The lowest BCUT2D eigenvalue weighted by Gasteiger charge is -2.46. The van der Waals surface area contributed by atoms with Gasteiger partial charge in [-0.25, -0.2) is 0 Å². The van der Waals surface area contributed by atoms with Gasteiger partial charge in [-0.1, -0.05) is 174 Å². The summed E-state index contributed by atoms with van der Waals surface area (Å²) >= 11 is 1.91. The van der Waals surface area contributed by atoms with Gasteiger partial charge < -0.3 is 14.4 Å². The Hall–Kier alpha value is -7.34. The van der Waals surface area contributed by atoms with E-state index in [-0.39, 0.29) is 28.4 Å². The zero-order valence-electron chi connectivity index (χ0n) is 51.2. The minimum Gasteiger partial charge on any atom is -0.311 e. The van der Waals surface area contributed by atoms with E-state index in [1.165, 1.54) is 165 Å². The molecule has 406 valence electrons. The summed E-state index contributed by atoms with van der Waals surface area (Å²) in [5, 5.41) is 5.24. The van der Waals surface area contributed by atoms with Gasteiger partial charge in [-0.3, -0.25) is 0 Å². The highest BCUT2D eigenvalue weighted by Gasteiger charge is 2.46. The second-order valence-corrected chi connectivity index (χ2v) is 29.3. The van der Waals surface area contributed by atoms with Gasteiger partial charge >= 0.3 is 0 Å². The second kappa shape index (κ2) is 18.1. The van der Waals surface area contributed by atoms with Crippen LogP contribution in [0.5, 0.6) is 0 Å². The number of aromatic nitrogens is 1. The molecule has 3 nitrogen and oxygen atoms in total. The molecule has 13 rings (SSSR count). The molecule has 2 aliphatic rings. The van der Waals surface area contributed by atoms with Crippen LogP contribution in [-0.2, 0) is 21.7 Å². The van der Waals surface area contributed by atoms with E-state index in [2.05, 4.69) is 285 Å². The summed E-state index contributed by atoms with van der Waals surface area (Å²) in [4.78, 5) is 5.42. The molecule has 81 heavy (non-hydrogen) atoms. The van der Waals surface area contributed by atoms with Crippen molar-refractivity contribution in [2.45, 2.75) is 146 Å². The first kappa shape index (κ1) is 53.0. The van der Waals surface area contributed by atoms with Crippen LogP contribution >= 0.6 is 11.3 Å². The number of benzene rings is 9. The zero-order valence-corrected chi connectivity index (χ0v) is 52.0. The Morgan fingerprint density at radius 1 is 0.358 bits per heavy atom. The maximum atomic E-state index is 2.71. The van der Waals surface area contributed by atoms with Crippen LogP contribution in [0.4, 0.5) is 34.1 Å². The summed E-state index contributed by atoms with van der Waals surface area (Å²) < 4.78 is 5.27. The first-order valence-electron chi connectivity index (χ1n) is 29.4. The molecule has 4 heterocycles. The highest BCUT2D eigenvalue weighted by molar-refractivity contribution is 7.26. The lowest BCUT2D eigenvalue weighted by Crippen LogP contribution is -2.61. The summed E-state index contributed by atoms with van der Waals surface area (Å²) in [5.41, 5.74) is 30.5. The number of hydrogen-bond donors (Lipinski definition) is 0. The molecule has 0 aliphatic carbocycles. The first-order valence-corrected chi connectivity index (χ1v) is 30.3. The lowest BCUT2D eigenvalue weighted by molar-refractivity contribution is 0.589. The minimum absolute atomic E-state index is 0.0134. The van der Waals surface area contributed by atoms with Crippen LogP contribution in [0.1, 0.15) is 139 Å². The van der Waals surface area contributed by atoms with Gasteiger partial charge in [0.2, 0.25) is 0 Å². The molecule has 11 aromatic rings. The summed E-state index contributed by atoms with van der Waals surface area (Å²) in [7, 11) is 0. The minimum atomic E-state index is -0.174. The van der Waals surface area contributed by atoms with Gasteiger partial charge in [0.15, 0.2) is 0 Å². The molecular weight excluding hydrogens is 998 g/mol. The molecule has 2 aliphatic heterocycles. The molecule has 9 aromatic carbocycles. The molecule has 0 spiro atoms. The fourth-order valence-electron chi connectivity index (χ4n) is 13.9. The summed E-state index contributed by atoms with van der Waals surface area (Å²) in [5.74, 6) is 0. The monoisotopic (exact) mass is 1080 g/mol. The number of fused-ring (bicyclic) bond motifs is 10. The average molecular weight is 1080 g/mol. The highest BCUT2D eigenvalue weighted by Crippen LogP contribution is 2.52. The number of para-hydroxylation sites is 1. The highest BCUT2D eigenvalue weighted by atomic mass is 32.1. The maximum Gasteiger partial charge on any atom is 0.252 e. The fourth-order valence-corrected chi connectivity index (χ4v) is 15.2. The van der Waals surface area contributed by atoms with E-state index in [0.717, 1.165) is 0 Å². The van der Waals surface area contributed by atoms with Crippen molar-refractivity contribution in [2.75, 3.05) is 9.80 Å². The third kappa shape index (κ3) is 8.25. The maximum absolute atomic E-state index is 2.71. The van der Waals surface area contributed by atoms with Crippen LogP contribution in [0, 0.1) is 41.5 Å². The Labute approximate surface area is 486 Å². The van der Waals surface area contributed by atoms with Crippen molar-refractivity contribution < 1.29 is 0 Å². The number of rotatable bonds is 4. The zero-order chi connectivity index (χ0) is 57.3. The van der Waals surface area contributed by atoms with Crippen molar-refractivity contribution in [3.8, 4) is 16.8 Å². The van der Waals surface area contributed by atoms with Crippen molar-refractivity contribution in [3.63, 3.8) is 0 Å². The number of aryl methyl sites for hydroxylation is 6. The van der Waals surface area contributed by atoms with Crippen molar-refractivity contribution in [1.82, 2.24) is 4.57 Å². The van der Waals surface area contributed by atoms with Gasteiger partial charge in [-0.05, 0) is 201 Å². The molecule has 0 unspecified atom stereocenters. The van der Waals surface area contributed by atoms with Gasteiger partial charge in [0.1, 0.15) is 0 Å². The van der Waals surface area contributed by atoms with Crippen molar-refractivity contribution in [3.05, 3.63) is 201 Å². The molecular formula is C76H78BN3S. The number of hydrogen-bond acceptors (Lipinski definition) is 3. The topological polar surface area (TPSA) is 11.4 Å². The van der Waals surface area contributed by atoms with Crippen LogP contribution in [0.25, 0.3) is 58.8 Å². The van der Waals surface area contributed by atoms with E-state index in [1.807, 2.05) is 11.3 Å². The van der Waals surface area contributed by atoms with E-state index < -0.39 is 0 Å². The molecule has 2 aromatic heterocycles. The summed E-state index contributed by atoms with van der Waals surface area (Å²) in [6, 6.07) is 57.6. The van der Waals surface area contributed by atoms with Crippen LogP contribution in [0.3, 0.4) is 0 Å². The van der Waals surface area contributed by atoms with Gasteiger partial charge in [0, 0.05) is 53.7 Å². The van der Waals surface area contributed by atoms with E-state index in [0.29, 0.717) is 0 Å². The molecule has 0 N–H and O–H groups in total. The predicted octanol–water partition coefficient (Wildman–Crippen LogP) is 19.9. The van der Waals surface area contributed by atoms with E-state index in [1.54, 1.807) is 0 Å². The first-order chi connectivity index (χ1) is 38.2. The Balaban J connectivity index is 1.17. The molecule has 0 atom stereocenters. The SMILES string of the molecule is Cc1cc(-c2cccc3c2sc2ccccc23)cc(C)c1N1c2cc(C(C)(C)C)ccc2B2c3cc4c5cc(C(C)(C)C)ccc5n(-c5c(C)cccc5C)c4cc3N(c3c(C)cc(C(C)(C)C)cc3C)c3cc(C(C)(C)C)cc1c32. The molecule has 0 radical (unpaired) electrons. The normalized spacial score (nSPS) is 13.7. The van der Waals surface area contributed by atoms with Crippen molar-refractivity contribution in [2.24, 2.45) is 0 Å². The fraction of sp³-hybridized carbons (Fsp3) is 0.289. The molecule has 0 amide bonds. The third-order valence-electron chi connectivity index (χ3n) is 18.2. The summed E-state index contributed by atoms with van der Waals surface area (Å²) in [6.07, 6.45) is 0. The van der Waals surface area contributed by atoms with Gasteiger partial charge in [0.05, 0.1) is 28.1 Å². The number of nitrogens with zero attached hydrogens (tertiary/aromatic N) is 3. The van der Waals surface area contributed by atoms with Gasteiger partial charge in [0.25, 0.3) is 6.71 Å². The van der Waals surface area contributed by atoms with Gasteiger partial charge in [-0.2, -0.15) is 0 Å². The molecule has 0 saturated heterocycles. The quantitative estimate of drug-likeness (QED) is 0.163. The lowest BCUT2D eigenvalue weighted by atomic mass is 9.33. The van der Waals surface area contributed by atoms with Crippen LogP contribution in [0.15, 0.2) is 146 Å². The predicted molar refractivity (Wildman–Crippen MR) is 356 cm³/mol. The van der Waals surface area contributed by atoms with Crippen molar-refractivity contribution in [1.29, 1.82) is 0 Å². The largest absolute Gasteiger partial charge is 0.311 e. The Morgan fingerprint density at radius 2 is 0.852 bits per heavy atom. The van der Waals surface area contributed by atoms with Gasteiger partial charge in [-0.15, -0.1) is 11.3 Å². The third-order valence-corrected chi connectivity index (χ3v) is 19.4. The molecule has 0 fully saturated rings. The molecule has 0 bridgehead atoms. The Bertz CT molecular complexity index is 4410. The molecule has 0 saturated carbocycles. The van der Waals surface area contributed by atoms with Crippen molar-refractivity contribution >= 4 is 111 Å².